The number of alkyl halides is 6. The Hall–Kier alpha value is -3.40. The Morgan fingerprint density at radius 2 is 1.72 bits per heavy atom. The van der Waals surface area contributed by atoms with Gasteiger partial charge in [-0.05, 0) is 19.1 Å². The number of carboxylic acids is 2. The van der Waals surface area contributed by atoms with Crippen molar-refractivity contribution in [2.75, 3.05) is 38.3 Å². The summed E-state index contributed by atoms with van der Waals surface area (Å²) in [5.41, 5.74) is 1.16. The van der Waals surface area contributed by atoms with E-state index in [9.17, 15) is 26.3 Å². The minimum absolute atomic E-state index is 0.0776. The highest BCUT2D eigenvalue weighted by Gasteiger charge is 2.38. The van der Waals surface area contributed by atoms with E-state index in [1.165, 1.54) is 0 Å². The molecule has 1 atom stereocenters. The fraction of sp³-hybridized carbons (Fsp3) is 0.500. The van der Waals surface area contributed by atoms with Crippen molar-refractivity contribution in [1.29, 1.82) is 0 Å². The van der Waals surface area contributed by atoms with E-state index in [-0.39, 0.29) is 6.04 Å². The predicted molar refractivity (Wildman–Crippen MR) is 111 cm³/mol. The van der Waals surface area contributed by atoms with Crippen molar-refractivity contribution >= 4 is 17.8 Å². The first kappa shape index (κ1) is 30.6. The van der Waals surface area contributed by atoms with Gasteiger partial charge in [-0.15, -0.1) is 0 Å². The first-order chi connectivity index (χ1) is 16.7. The number of hydrogen-bond acceptors (Lipinski definition) is 8. The first-order valence-corrected chi connectivity index (χ1v) is 10.1. The van der Waals surface area contributed by atoms with Crippen molar-refractivity contribution in [3.05, 3.63) is 42.2 Å². The third-order valence-corrected chi connectivity index (χ3v) is 4.51. The Morgan fingerprint density at radius 3 is 2.19 bits per heavy atom. The first-order valence-electron chi connectivity index (χ1n) is 10.1. The molecule has 3 rings (SSSR count). The molecule has 2 N–H and O–H groups in total. The van der Waals surface area contributed by atoms with Crippen molar-refractivity contribution in [1.82, 2.24) is 14.9 Å². The topological polar surface area (TPSA) is 129 Å². The van der Waals surface area contributed by atoms with Crippen molar-refractivity contribution in [3.8, 4) is 0 Å². The molecular formula is C20H24F6N4O6. The molecular weight excluding hydrogens is 506 g/mol. The maximum absolute atomic E-state index is 10.6. The summed E-state index contributed by atoms with van der Waals surface area (Å²) < 4.78 is 74.3. The number of morpholine rings is 1. The number of hydrogen-bond donors (Lipinski definition) is 2. The molecule has 1 unspecified atom stereocenters. The number of aromatic nitrogens is 2. The molecule has 2 aromatic heterocycles. The maximum atomic E-state index is 10.6. The van der Waals surface area contributed by atoms with Crippen LogP contribution in [0.1, 0.15) is 24.4 Å². The number of nitrogens with zero attached hydrogens (tertiary/aromatic N) is 4. The van der Waals surface area contributed by atoms with Gasteiger partial charge in [0, 0.05) is 38.4 Å². The monoisotopic (exact) mass is 530 g/mol. The summed E-state index contributed by atoms with van der Waals surface area (Å²) >= 11 is 0. The van der Waals surface area contributed by atoms with E-state index in [4.69, 9.17) is 33.9 Å². The zero-order chi connectivity index (χ0) is 27.5. The lowest BCUT2D eigenvalue weighted by Gasteiger charge is -2.34. The zero-order valence-electron chi connectivity index (χ0n) is 19.1. The number of carbonyl (C=O) groups is 2. The minimum atomic E-state index is -5.08. The summed E-state index contributed by atoms with van der Waals surface area (Å²) in [5.74, 6) is -3.75. The summed E-state index contributed by atoms with van der Waals surface area (Å²) in [5, 5.41) is 14.2. The van der Waals surface area contributed by atoms with E-state index < -0.39 is 24.3 Å². The Bertz CT molecular complexity index is 931. The third-order valence-electron chi connectivity index (χ3n) is 4.51. The molecule has 3 heterocycles. The van der Waals surface area contributed by atoms with Crippen LogP contribution in [0.2, 0.25) is 0 Å². The molecule has 10 nitrogen and oxygen atoms in total. The largest absolute Gasteiger partial charge is 0.490 e. The van der Waals surface area contributed by atoms with Crippen LogP contribution < -0.4 is 4.90 Å². The molecule has 1 aliphatic rings. The lowest BCUT2D eigenvalue weighted by atomic mass is 10.2. The van der Waals surface area contributed by atoms with Gasteiger partial charge < -0.3 is 24.3 Å². The van der Waals surface area contributed by atoms with Gasteiger partial charge in [0.15, 0.2) is 0 Å². The lowest BCUT2D eigenvalue weighted by Crippen LogP contribution is -2.40. The smallest absolute Gasteiger partial charge is 0.475 e. The van der Waals surface area contributed by atoms with E-state index in [0.717, 1.165) is 43.4 Å². The highest BCUT2D eigenvalue weighted by atomic mass is 19.4. The molecule has 2 aromatic rings. The van der Waals surface area contributed by atoms with Gasteiger partial charge in [-0.1, -0.05) is 0 Å². The maximum Gasteiger partial charge on any atom is 0.490 e. The standard InChI is InChI=1S/C16H22N4O2.2C2HF3O2/c1-3-19(2)15-4-6-17-16(18-15)14-12-22-9-7-20(14)10-13-5-8-21-11-13;2*3-2(4,5)1(6)7/h4-6,8,11,14H,3,7,9-10,12H2,1-2H3;2*(H,6,7). The molecule has 16 heteroatoms. The molecule has 0 aromatic carbocycles. The second-order valence-corrected chi connectivity index (χ2v) is 7.09. The summed E-state index contributed by atoms with van der Waals surface area (Å²) in [6, 6.07) is 4.01. The second kappa shape index (κ2) is 13.6. The molecule has 1 aliphatic heterocycles. The number of anilines is 1. The summed E-state index contributed by atoms with van der Waals surface area (Å²) in [6.45, 7) is 6.07. The minimum Gasteiger partial charge on any atom is -0.475 e. The van der Waals surface area contributed by atoms with Crippen LogP contribution in [0.25, 0.3) is 0 Å². The average Bonchev–Trinajstić information content (AvgIpc) is 3.31. The fourth-order valence-electron chi connectivity index (χ4n) is 2.58. The molecule has 1 fully saturated rings. The van der Waals surface area contributed by atoms with E-state index in [1.54, 1.807) is 12.5 Å². The van der Waals surface area contributed by atoms with E-state index in [0.29, 0.717) is 6.61 Å². The van der Waals surface area contributed by atoms with Crippen LogP contribution in [0.4, 0.5) is 32.2 Å². The number of halogens is 6. The summed E-state index contributed by atoms with van der Waals surface area (Å²) in [6.07, 6.45) is -4.85. The van der Waals surface area contributed by atoms with Crippen LogP contribution in [0.15, 0.2) is 35.3 Å². The van der Waals surface area contributed by atoms with Crippen LogP contribution in [0, 0.1) is 0 Å². The molecule has 36 heavy (non-hydrogen) atoms. The van der Waals surface area contributed by atoms with Crippen molar-refractivity contribution in [2.24, 2.45) is 0 Å². The van der Waals surface area contributed by atoms with Gasteiger partial charge in [0.2, 0.25) is 0 Å². The van der Waals surface area contributed by atoms with Crippen molar-refractivity contribution in [3.63, 3.8) is 0 Å². The highest BCUT2D eigenvalue weighted by Crippen LogP contribution is 2.24. The Morgan fingerprint density at radius 1 is 1.14 bits per heavy atom. The third kappa shape index (κ3) is 10.5. The quantitative estimate of drug-likeness (QED) is 0.555. The lowest BCUT2D eigenvalue weighted by molar-refractivity contribution is -0.193. The molecule has 0 saturated carbocycles. The average molecular weight is 530 g/mol. The zero-order valence-corrected chi connectivity index (χ0v) is 19.1. The van der Waals surface area contributed by atoms with Crippen molar-refractivity contribution < 1.29 is 55.3 Å². The van der Waals surface area contributed by atoms with Gasteiger partial charge in [0.05, 0.1) is 31.8 Å². The van der Waals surface area contributed by atoms with Crippen LogP contribution >= 0.6 is 0 Å². The second-order valence-electron chi connectivity index (χ2n) is 7.09. The van der Waals surface area contributed by atoms with E-state index in [1.807, 2.05) is 25.4 Å². The number of furan rings is 1. The van der Waals surface area contributed by atoms with Crippen molar-refractivity contribution in [2.45, 2.75) is 31.9 Å². The molecule has 0 bridgehead atoms. The van der Waals surface area contributed by atoms with Gasteiger partial charge in [-0.3, -0.25) is 4.90 Å². The molecule has 1 saturated heterocycles. The van der Waals surface area contributed by atoms with Gasteiger partial charge in [0.25, 0.3) is 0 Å². The molecule has 0 radical (unpaired) electrons. The van der Waals surface area contributed by atoms with E-state index in [2.05, 4.69) is 21.7 Å². The number of rotatable bonds is 5. The van der Waals surface area contributed by atoms with Crippen LogP contribution in [-0.4, -0.2) is 82.7 Å². The SMILES string of the molecule is CCN(C)c1ccnc(C2COCCN2Cc2ccoc2)n1.O=C(O)C(F)(F)F.O=C(O)C(F)(F)F. The Labute approximate surface area is 201 Å². The van der Waals surface area contributed by atoms with E-state index >= 15 is 0 Å². The van der Waals surface area contributed by atoms with Crippen LogP contribution in [0.5, 0.6) is 0 Å². The van der Waals surface area contributed by atoms with Crippen LogP contribution in [-0.2, 0) is 20.9 Å². The van der Waals surface area contributed by atoms with Gasteiger partial charge in [0.1, 0.15) is 11.6 Å². The predicted octanol–water partition coefficient (Wildman–Crippen LogP) is 3.37. The summed E-state index contributed by atoms with van der Waals surface area (Å²) in [4.78, 5) is 31.4. The van der Waals surface area contributed by atoms with Gasteiger partial charge in [-0.25, -0.2) is 19.6 Å². The number of aliphatic carboxylic acids is 2. The summed E-state index contributed by atoms with van der Waals surface area (Å²) in [7, 11) is 2.03. The molecule has 0 aliphatic carbocycles. The molecule has 0 spiro atoms. The normalized spacial score (nSPS) is 16.2. The fourth-order valence-corrected chi connectivity index (χ4v) is 2.58. The van der Waals surface area contributed by atoms with Gasteiger partial charge >= 0.3 is 24.3 Å². The Kier molecular flexibility index (Phi) is 11.6. The van der Waals surface area contributed by atoms with Crippen LogP contribution in [0.3, 0.4) is 0 Å². The highest BCUT2D eigenvalue weighted by molar-refractivity contribution is 5.73. The number of carboxylic acid groups (broad SMARTS) is 2. The van der Waals surface area contributed by atoms with Gasteiger partial charge in [-0.2, -0.15) is 26.3 Å². The molecule has 0 amide bonds. The number of ether oxygens (including phenoxy) is 1. The molecule has 202 valence electrons. The Balaban J connectivity index is 0.000000383.